The van der Waals surface area contributed by atoms with Crippen molar-refractivity contribution in [3.63, 3.8) is 0 Å². The van der Waals surface area contributed by atoms with Crippen molar-refractivity contribution in [1.82, 2.24) is 30.4 Å². The second kappa shape index (κ2) is 17.7. The van der Waals surface area contributed by atoms with Crippen LogP contribution in [-0.4, -0.2) is 124 Å². The number of aliphatic hydroxyl groups is 2. The lowest BCUT2D eigenvalue weighted by Gasteiger charge is -2.37. The molecule has 0 bridgehead atoms. The summed E-state index contributed by atoms with van der Waals surface area (Å²) in [4.78, 5) is 52.8. The fraction of sp³-hybridized carbons (Fsp3) is 0.684. The maximum atomic E-state index is 14.3. The molecule has 5 N–H and O–H groups in total. The van der Waals surface area contributed by atoms with Gasteiger partial charge in [0.05, 0.1) is 30.1 Å². The summed E-state index contributed by atoms with van der Waals surface area (Å²) < 4.78 is 26.5. The molecule has 5 rings (SSSR count). The number of imidazole rings is 1. The lowest BCUT2D eigenvalue weighted by Crippen LogP contribution is -2.58. The summed E-state index contributed by atoms with van der Waals surface area (Å²) in [7, 11) is -2.24. The quantitative estimate of drug-likeness (QED) is 0.161. The largest absolute Gasteiger partial charge is 0.390 e. The summed E-state index contributed by atoms with van der Waals surface area (Å²) in [6.45, 7) is 4.92. The predicted molar refractivity (Wildman–Crippen MR) is 198 cm³/mol. The molecule has 1 aliphatic heterocycles. The third-order valence-corrected chi connectivity index (χ3v) is 13.9. The standard InChI is InChI=1S/C38H58N6O7S/c1-38(2,37(49)44-18-16-43(3)17-19-44)52(50,51)24-29(20-26-10-6-4-7-11-26)35(47)42-32(22-30-23-39-25-40-30)36(48)41-31(21-27-12-8-5-9-13-27)34(46)33(45)28-14-15-28/h4,6-7,10-11,23,25,27-29,31-34,45-46H,5,8-9,12-22,24H2,1-3H3,(H,39,40)(H,41,48)(H,42,47)/t29-,31+,32+,33+,34-/m1/s1. The van der Waals surface area contributed by atoms with Crippen LogP contribution in [0.25, 0.3) is 0 Å². The first-order valence-electron chi connectivity index (χ1n) is 18.9. The summed E-state index contributed by atoms with van der Waals surface area (Å²) in [6, 6.07) is 7.19. The Hall–Kier alpha value is -3.33. The fourth-order valence-corrected chi connectivity index (χ4v) is 9.15. The summed E-state index contributed by atoms with van der Waals surface area (Å²) in [5.74, 6) is -3.12. The molecule has 288 valence electrons. The topological polar surface area (TPSA) is 185 Å². The normalized spacial score (nSPS) is 20.8. The second-order valence-electron chi connectivity index (χ2n) is 15.8. The van der Waals surface area contributed by atoms with E-state index in [1.165, 1.54) is 20.2 Å². The molecule has 2 saturated carbocycles. The van der Waals surface area contributed by atoms with E-state index in [9.17, 15) is 33.0 Å². The summed E-state index contributed by atoms with van der Waals surface area (Å²) in [5, 5.41) is 28.1. The fourth-order valence-electron chi connectivity index (χ4n) is 7.54. The molecule has 14 heteroatoms. The lowest BCUT2D eigenvalue weighted by molar-refractivity contribution is -0.134. The molecule has 52 heavy (non-hydrogen) atoms. The first-order chi connectivity index (χ1) is 24.7. The Morgan fingerprint density at radius 3 is 2.23 bits per heavy atom. The van der Waals surface area contributed by atoms with E-state index < -0.39 is 68.3 Å². The van der Waals surface area contributed by atoms with Crippen LogP contribution in [0.15, 0.2) is 42.9 Å². The van der Waals surface area contributed by atoms with Gasteiger partial charge in [0.1, 0.15) is 16.9 Å². The van der Waals surface area contributed by atoms with Crippen LogP contribution < -0.4 is 10.6 Å². The first-order valence-corrected chi connectivity index (χ1v) is 20.6. The maximum Gasteiger partial charge on any atom is 0.243 e. The van der Waals surface area contributed by atoms with E-state index in [-0.39, 0.29) is 24.7 Å². The zero-order chi connectivity index (χ0) is 37.5. The highest BCUT2D eigenvalue weighted by Gasteiger charge is 2.47. The van der Waals surface area contributed by atoms with Crippen LogP contribution >= 0.6 is 0 Å². The van der Waals surface area contributed by atoms with Gasteiger partial charge < -0.3 is 35.6 Å². The number of nitrogens with zero attached hydrogens (tertiary/aromatic N) is 3. The number of hydrogen-bond acceptors (Lipinski definition) is 9. The Morgan fingerprint density at radius 2 is 1.62 bits per heavy atom. The second-order valence-corrected chi connectivity index (χ2v) is 18.4. The molecule has 2 aliphatic carbocycles. The lowest BCUT2D eigenvalue weighted by atomic mass is 9.82. The third kappa shape index (κ3) is 10.4. The SMILES string of the molecule is CN1CCN(C(=O)C(C)(C)S(=O)(=O)C[C@@H](Cc2ccccc2)C(=O)N[C@@H](Cc2cnc[nH]2)C(=O)N[C@@H](CC2CCCCC2)[C@@H](O)[C@@H](O)C2CC2)CC1. The number of sulfone groups is 1. The van der Waals surface area contributed by atoms with Crippen molar-refractivity contribution < 1.29 is 33.0 Å². The van der Waals surface area contributed by atoms with Gasteiger partial charge in [0, 0.05) is 44.5 Å². The maximum absolute atomic E-state index is 14.3. The molecule has 3 fully saturated rings. The number of H-pyrrole nitrogens is 1. The van der Waals surface area contributed by atoms with Gasteiger partial charge in [0.25, 0.3) is 0 Å². The molecule has 3 aliphatic rings. The van der Waals surface area contributed by atoms with Crippen LogP contribution in [0.2, 0.25) is 0 Å². The number of aromatic amines is 1. The molecular weight excluding hydrogens is 685 g/mol. The predicted octanol–water partition coefficient (Wildman–Crippen LogP) is 1.85. The van der Waals surface area contributed by atoms with E-state index in [2.05, 4.69) is 25.5 Å². The van der Waals surface area contributed by atoms with Gasteiger partial charge >= 0.3 is 0 Å². The molecular formula is C38H58N6O7S. The Balaban J connectivity index is 1.37. The Kier molecular flexibility index (Phi) is 13.5. The molecule has 1 saturated heterocycles. The number of nitrogens with one attached hydrogen (secondary N) is 3. The minimum atomic E-state index is -4.19. The number of amides is 3. The van der Waals surface area contributed by atoms with Gasteiger partial charge in [-0.3, -0.25) is 14.4 Å². The smallest absolute Gasteiger partial charge is 0.243 e. The van der Waals surface area contributed by atoms with Crippen molar-refractivity contribution in [3.8, 4) is 0 Å². The van der Waals surface area contributed by atoms with Crippen molar-refractivity contribution in [3.05, 3.63) is 54.1 Å². The van der Waals surface area contributed by atoms with Gasteiger partial charge in [-0.25, -0.2) is 13.4 Å². The number of aromatic nitrogens is 2. The average molecular weight is 743 g/mol. The van der Waals surface area contributed by atoms with Crippen LogP contribution in [0.3, 0.4) is 0 Å². The van der Waals surface area contributed by atoms with Crippen LogP contribution in [0, 0.1) is 17.8 Å². The van der Waals surface area contributed by atoms with Crippen molar-refractivity contribution >= 4 is 27.6 Å². The van der Waals surface area contributed by atoms with E-state index in [4.69, 9.17) is 0 Å². The van der Waals surface area contributed by atoms with Gasteiger partial charge in [-0.15, -0.1) is 0 Å². The zero-order valence-corrected chi connectivity index (χ0v) is 31.7. The number of rotatable bonds is 17. The van der Waals surface area contributed by atoms with Gasteiger partial charge in [-0.1, -0.05) is 62.4 Å². The number of likely N-dealkylation sites (N-methyl/N-ethyl adjacent to an activating group) is 1. The number of aliphatic hydroxyl groups excluding tert-OH is 2. The highest BCUT2D eigenvalue weighted by atomic mass is 32.2. The first kappa shape index (κ1) is 39.9. The number of benzene rings is 1. The van der Waals surface area contributed by atoms with Gasteiger partial charge in [-0.05, 0) is 64.0 Å². The van der Waals surface area contributed by atoms with Crippen molar-refractivity contribution in [1.29, 1.82) is 0 Å². The molecule has 13 nitrogen and oxygen atoms in total. The Morgan fingerprint density at radius 1 is 0.942 bits per heavy atom. The van der Waals surface area contributed by atoms with Crippen LogP contribution in [0.4, 0.5) is 0 Å². The van der Waals surface area contributed by atoms with E-state index in [1.54, 1.807) is 11.1 Å². The number of carbonyl (C=O) groups excluding carboxylic acids is 3. The molecule has 3 amide bonds. The van der Waals surface area contributed by atoms with Gasteiger partial charge in [0.15, 0.2) is 9.84 Å². The van der Waals surface area contributed by atoms with Crippen LogP contribution in [0.5, 0.6) is 0 Å². The molecule has 1 aromatic heterocycles. The van der Waals surface area contributed by atoms with Crippen molar-refractivity contribution in [2.75, 3.05) is 39.0 Å². The minimum absolute atomic E-state index is 0.00525. The molecule has 2 aromatic rings. The highest BCUT2D eigenvalue weighted by molar-refractivity contribution is 7.93. The summed E-state index contributed by atoms with van der Waals surface area (Å²) in [5.41, 5.74) is 1.31. The highest BCUT2D eigenvalue weighted by Crippen LogP contribution is 2.36. The Bertz CT molecular complexity index is 1570. The average Bonchev–Trinajstić information content (AvgIpc) is 3.86. The third-order valence-electron chi connectivity index (χ3n) is 11.3. The van der Waals surface area contributed by atoms with Crippen molar-refractivity contribution in [2.45, 2.75) is 107 Å². The Labute approximate surface area is 308 Å². The van der Waals surface area contributed by atoms with E-state index >= 15 is 0 Å². The van der Waals surface area contributed by atoms with E-state index in [0.717, 1.165) is 50.5 Å². The van der Waals surface area contributed by atoms with E-state index in [1.807, 2.05) is 37.4 Å². The number of piperazine rings is 1. The van der Waals surface area contributed by atoms with Crippen LogP contribution in [-0.2, 0) is 37.1 Å². The molecule has 0 spiro atoms. The van der Waals surface area contributed by atoms with E-state index in [0.29, 0.717) is 38.3 Å². The zero-order valence-electron chi connectivity index (χ0n) is 30.9. The van der Waals surface area contributed by atoms with Gasteiger partial charge in [-0.2, -0.15) is 0 Å². The minimum Gasteiger partial charge on any atom is -0.390 e. The molecule has 1 aromatic carbocycles. The summed E-state index contributed by atoms with van der Waals surface area (Å²) in [6.07, 6.45) is 8.42. The van der Waals surface area contributed by atoms with Crippen LogP contribution in [0.1, 0.15) is 76.5 Å². The van der Waals surface area contributed by atoms with Crippen molar-refractivity contribution in [2.24, 2.45) is 17.8 Å². The van der Waals surface area contributed by atoms with Gasteiger partial charge in [0.2, 0.25) is 17.7 Å². The molecule has 2 heterocycles. The molecule has 0 radical (unpaired) electrons. The number of hydrogen-bond donors (Lipinski definition) is 5. The molecule has 5 atom stereocenters. The monoisotopic (exact) mass is 742 g/mol. The molecule has 0 unspecified atom stereocenters. The number of carbonyl (C=O) groups is 3. The summed E-state index contributed by atoms with van der Waals surface area (Å²) >= 11 is 0.